The quantitative estimate of drug-likeness (QED) is 0.879. The van der Waals surface area contributed by atoms with E-state index in [1.807, 2.05) is 4.90 Å². The molecule has 2 aromatic rings. The summed E-state index contributed by atoms with van der Waals surface area (Å²) in [4.78, 5) is 14.1. The molecule has 1 aliphatic heterocycles. The lowest BCUT2D eigenvalue weighted by atomic mass is 9.89. The summed E-state index contributed by atoms with van der Waals surface area (Å²) in [6, 6.07) is 15.0. The maximum absolute atomic E-state index is 12.1. The lowest BCUT2D eigenvalue weighted by Gasteiger charge is -2.40. The maximum Gasteiger partial charge on any atom is 0.224 e. The number of aryl methyl sites for hydroxylation is 2. The van der Waals surface area contributed by atoms with Crippen molar-refractivity contribution in [3.63, 3.8) is 0 Å². The Morgan fingerprint density at radius 3 is 2.48 bits per heavy atom. The summed E-state index contributed by atoms with van der Waals surface area (Å²) in [5.41, 5.74) is 5.84. The molecule has 0 aliphatic carbocycles. The van der Waals surface area contributed by atoms with Gasteiger partial charge in [-0.2, -0.15) is 0 Å². The Balaban J connectivity index is 2.04. The van der Waals surface area contributed by atoms with Crippen molar-refractivity contribution in [1.29, 1.82) is 0 Å². The monoisotopic (exact) mass is 308 g/mol. The van der Waals surface area contributed by atoms with Gasteiger partial charge < -0.3 is 10.2 Å². The zero-order valence-electron chi connectivity index (χ0n) is 14.3. The molecule has 0 bridgehead atoms. The van der Waals surface area contributed by atoms with Crippen LogP contribution in [0.4, 0.5) is 11.4 Å². The summed E-state index contributed by atoms with van der Waals surface area (Å²) >= 11 is 0. The summed E-state index contributed by atoms with van der Waals surface area (Å²) in [6.07, 6.45) is 0.907. The molecule has 1 amide bonds. The number of nitrogens with zero attached hydrogens (tertiary/aromatic N) is 1. The Morgan fingerprint density at radius 1 is 1.09 bits per heavy atom. The smallest absolute Gasteiger partial charge is 0.224 e. The molecule has 3 nitrogen and oxygen atoms in total. The number of amides is 1. The van der Waals surface area contributed by atoms with Crippen molar-refractivity contribution >= 4 is 17.3 Å². The highest BCUT2D eigenvalue weighted by molar-refractivity contribution is 5.94. The van der Waals surface area contributed by atoms with E-state index in [4.69, 9.17) is 0 Å². The topological polar surface area (TPSA) is 32.3 Å². The highest BCUT2D eigenvalue weighted by atomic mass is 16.2. The fourth-order valence-corrected chi connectivity index (χ4v) is 3.61. The Hall–Kier alpha value is -2.29. The van der Waals surface area contributed by atoms with Crippen LogP contribution in [0.2, 0.25) is 0 Å². The molecule has 3 rings (SSSR count). The number of anilines is 2. The maximum atomic E-state index is 12.1. The van der Waals surface area contributed by atoms with Crippen LogP contribution >= 0.6 is 0 Å². The number of rotatable bonds is 2. The molecule has 1 aliphatic rings. The molecule has 2 unspecified atom stereocenters. The van der Waals surface area contributed by atoms with Gasteiger partial charge in [0.25, 0.3) is 0 Å². The fraction of sp³-hybridized carbons (Fsp3) is 0.350. The van der Waals surface area contributed by atoms with Crippen molar-refractivity contribution in [2.45, 2.75) is 46.2 Å². The molecule has 3 heteroatoms. The van der Waals surface area contributed by atoms with E-state index >= 15 is 0 Å². The SMILES string of the molecule is CC(=O)N1c2c(C)cccc2C(Nc2ccccc2C)CC1C. The Morgan fingerprint density at radius 2 is 1.78 bits per heavy atom. The number of hydrogen-bond acceptors (Lipinski definition) is 2. The molecule has 0 saturated carbocycles. The van der Waals surface area contributed by atoms with Crippen LogP contribution in [0.25, 0.3) is 0 Å². The minimum absolute atomic E-state index is 0.113. The van der Waals surface area contributed by atoms with Gasteiger partial charge in [-0.1, -0.05) is 36.4 Å². The van der Waals surface area contributed by atoms with Gasteiger partial charge in [-0.3, -0.25) is 4.79 Å². The largest absolute Gasteiger partial charge is 0.378 e. The summed E-state index contributed by atoms with van der Waals surface area (Å²) in [7, 11) is 0. The number of nitrogens with one attached hydrogen (secondary N) is 1. The second kappa shape index (κ2) is 6.07. The zero-order valence-corrected chi connectivity index (χ0v) is 14.3. The van der Waals surface area contributed by atoms with E-state index in [0.29, 0.717) is 0 Å². The van der Waals surface area contributed by atoms with E-state index < -0.39 is 0 Å². The van der Waals surface area contributed by atoms with E-state index in [0.717, 1.165) is 23.4 Å². The van der Waals surface area contributed by atoms with E-state index in [1.54, 1.807) is 6.92 Å². The first-order valence-corrected chi connectivity index (χ1v) is 8.20. The first kappa shape index (κ1) is 15.6. The molecule has 2 atom stereocenters. The fourth-order valence-electron chi connectivity index (χ4n) is 3.61. The molecule has 0 saturated heterocycles. The van der Waals surface area contributed by atoms with Crippen LogP contribution in [0.3, 0.4) is 0 Å². The summed E-state index contributed by atoms with van der Waals surface area (Å²) < 4.78 is 0. The summed E-state index contributed by atoms with van der Waals surface area (Å²) in [5, 5.41) is 3.68. The first-order valence-electron chi connectivity index (χ1n) is 8.20. The predicted octanol–water partition coefficient (Wildman–Crippen LogP) is 4.60. The summed E-state index contributed by atoms with van der Waals surface area (Å²) in [5.74, 6) is 0.113. The Bertz CT molecular complexity index is 738. The first-order chi connectivity index (χ1) is 11.0. The molecule has 1 N–H and O–H groups in total. The molecule has 2 aromatic carbocycles. The van der Waals surface area contributed by atoms with Gasteiger partial charge in [0.15, 0.2) is 0 Å². The predicted molar refractivity (Wildman–Crippen MR) is 96.0 cm³/mol. The third kappa shape index (κ3) is 2.83. The normalized spacial score (nSPS) is 20.1. The van der Waals surface area contributed by atoms with Crippen LogP contribution in [0, 0.1) is 13.8 Å². The molecule has 1 heterocycles. The van der Waals surface area contributed by atoms with Crippen molar-refractivity contribution < 1.29 is 4.79 Å². The van der Waals surface area contributed by atoms with E-state index in [9.17, 15) is 4.79 Å². The van der Waals surface area contributed by atoms with E-state index in [2.05, 4.69) is 68.6 Å². The molecule has 0 radical (unpaired) electrons. The van der Waals surface area contributed by atoms with Gasteiger partial charge in [-0.05, 0) is 49.9 Å². The van der Waals surface area contributed by atoms with Crippen LogP contribution in [0.15, 0.2) is 42.5 Å². The highest BCUT2D eigenvalue weighted by Gasteiger charge is 2.33. The zero-order chi connectivity index (χ0) is 16.6. The molecular weight excluding hydrogens is 284 g/mol. The summed E-state index contributed by atoms with van der Waals surface area (Å²) in [6.45, 7) is 7.98. The number of hydrogen-bond donors (Lipinski definition) is 1. The Labute approximate surface area is 138 Å². The minimum atomic E-state index is 0.113. The van der Waals surface area contributed by atoms with Crippen molar-refractivity contribution in [1.82, 2.24) is 0 Å². The molecule has 0 spiro atoms. The van der Waals surface area contributed by atoms with E-state index in [1.165, 1.54) is 11.1 Å². The molecule has 0 fully saturated rings. The van der Waals surface area contributed by atoms with Gasteiger partial charge in [0.2, 0.25) is 5.91 Å². The third-order valence-corrected chi connectivity index (χ3v) is 4.72. The molecule has 23 heavy (non-hydrogen) atoms. The average molecular weight is 308 g/mol. The number of fused-ring (bicyclic) bond motifs is 1. The third-order valence-electron chi connectivity index (χ3n) is 4.72. The van der Waals surface area contributed by atoms with Gasteiger partial charge in [0, 0.05) is 18.7 Å². The number of carbonyl (C=O) groups excluding carboxylic acids is 1. The van der Waals surface area contributed by atoms with Crippen LogP contribution in [0.5, 0.6) is 0 Å². The minimum Gasteiger partial charge on any atom is -0.378 e. The molecule has 120 valence electrons. The number of benzene rings is 2. The highest BCUT2D eigenvalue weighted by Crippen LogP contribution is 2.41. The standard InChI is InChI=1S/C20H24N2O/c1-13-8-5-6-11-18(13)21-19-12-15(3)22(16(4)23)20-14(2)9-7-10-17(19)20/h5-11,15,19,21H,12H2,1-4H3. The van der Waals surface area contributed by atoms with Gasteiger partial charge in [0.1, 0.15) is 0 Å². The lowest BCUT2D eigenvalue weighted by molar-refractivity contribution is -0.117. The Kier molecular flexibility index (Phi) is 4.12. The van der Waals surface area contributed by atoms with Crippen LogP contribution < -0.4 is 10.2 Å². The van der Waals surface area contributed by atoms with Gasteiger partial charge in [-0.15, -0.1) is 0 Å². The van der Waals surface area contributed by atoms with Gasteiger partial charge in [0.05, 0.1) is 11.7 Å². The second-order valence-corrected chi connectivity index (χ2v) is 6.50. The number of para-hydroxylation sites is 2. The van der Waals surface area contributed by atoms with Gasteiger partial charge in [-0.25, -0.2) is 0 Å². The lowest BCUT2D eigenvalue weighted by Crippen LogP contribution is -2.43. The van der Waals surface area contributed by atoms with Gasteiger partial charge >= 0.3 is 0 Å². The number of carbonyl (C=O) groups is 1. The van der Waals surface area contributed by atoms with Crippen molar-refractivity contribution in [3.8, 4) is 0 Å². The van der Waals surface area contributed by atoms with Crippen molar-refractivity contribution in [2.75, 3.05) is 10.2 Å². The van der Waals surface area contributed by atoms with Crippen LogP contribution in [0.1, 0.15) is 43.0 Å². The molecular formula is C20H24N2O. The van der Waals surface area contributed by atoms with Crippen molar-refractivity contribution in [2.24, 2.45) is 0 Å². The van der Waals surface area contributed by atoms with Crippen molar-refractivity contribution in [3.05, 3.63) is 59.2 Å². The van der Waals surface area contributed by atoms with Crippen LogP contribution in [-0.2, 0) is 4.79 Å². The molecule has 0 aromatic heterocycles. The second-order valence-electron chi connectivity index (χ2n) is 6.50. The van der Waals surface area contributed by atoms with E-state index in [-0.39, 0.29) is 18.0 Å². The average Bonchev–Trinajstić information content (AvgIpc) is 2.50. The van der Waals surface area contributed by atoms with Crippen LogP contribution in [-0.4, -0.2) is 11.9 Å².